The maximum atomic E-state index is 13.1. The molecule has 6 unspecified atom stereocenters. The minimum atomic E-state index is -0.624. The number of hydrogen-bond acceptors (Lipinski definition) is 11. The van der Waals surface area contributed by atoms with E-state index < -0.39 is 12.2 Å². The highest BCUT2D eigenvalue weighted by Crippen LogP contribution is 2.43. The molecule has 1 amide bonds. The van der Waals surface area contributed by atoms with Crippen molar-refractivity contribution in [2.24, 2.45) is 17.4 Å². The first-order chi connectivity index (χ1) is 20.9. The number of benzene rings is 1. The number of piperidine rings is 1. The molecule has 12 nitrogen and oxygen atoms in total. The lowest BCUT2D eigenvalue weighted by Crippen LogP contribution is -2.63. The molecule has 1 saturated carbocycles. The largest absolute Gasteiger partial charge is 0.472 e. The predicted octanol–water partition coefficient (Wildman–Crippen LogP) is 0.687. The quantitative estimate of drug-likeness (QED) is 0.263. The summed E-state index contributed by atoms with van der Waals surface area (Å²) >= 11 is 0. The van der Waals surface area contributed by atoms with Crippen molar-refractivity contribution in [3.63, 3.8) is 0 Å². The summed E-state index contributed by atoms with van der Waals surface area (Å²) in [7, 11) is 0. The van der Waals surface area contributed by atoms with Crippen molar-refractivity contribution < 1.29 is 23.8 Å². The van der Waals surface area contributed by atoms with Gasteiger partial charge in [-0.3, -0.25) is 20.2 Å². The van der Waals surface area contributed by atoms with Crippen molar-refractivity contribution in [1.29, 1.82) is 0 Å². The number of nitrogens with one attached hydrogen (secondary N) is 4. The number of amides is 1. The third kappa shape index (κ3) is 5.83. The smallest absolute Gasteiger partial charge is 0.223 e. The van der Waals surface area contributed by atoms with E-state index in [9.17, 15) is 9.59 Å². The van der Waals surface area contributed by atoms with Gasteiger partial charge in [0.25, 0.3) is 0 Å². The van der Waals surface area contributed by atoms with E-state index in [1.807, 2.05) is 0 Å². The van der Waals surface area contributed by atoms with Gasteiger partial charge < -0.3 is 41.2 Å². The molecule has 234 valence electrons. The Hall–Kier alpha value is -2.90. The second-order valence-electron chi connectivity index (χ2n) is 12.9. The highest BCUT2D eigenvalue weighted by Gasteiger charge is 2.48. The van der Waals surface area contributed by atoms with Crippen LogP contribution in [-0.4, -0.2) is 92.7 Å². The number of nitrogens with zero attached hydrogens (tertiary/aromatic N) is 1. The van der Waals surface area contributed by atoms with Crippen LogP contribution in [-0.2, 0) is 30.2 Å². The summed E-state index contributed by atoms with van der Waals surface area (Å²) in [5, 5.41) is 14.6. The van der Waals surface area contributed by atoms with Gasteiger partial charge in [0.1, 0.15) is 6.10 Å². The summed E-state index contributed by atoms with van der Waals surface area (Å²) in [6, 6.07) is 4.69. The zero-order valence-corrected chi connectivity index (χ0v) is 24.7. The van der Waals surface area contributed by atoms with Gasteiger partial charge in [-0.2, -0.15) is 0 Å². The van der Waals surface area contributed by atoms with Crippen LogP contribution in [0.4, 0.5) is 11.4 Å². The molecule has 0 spiro atoms. The molecule has 5 aliphatic heterocycles. The number of carbonyl (C=O) groups is 2. The van der Waals surface area contributed by atoms with Crippen molar-refractivity contribution >= 4 is 23.1 Å². The van der Waals surface area contributed by atoms with E-state index in [0.29, 0.717) is 45.2 Å². The second kappa shape index (κ2) is 12.2. The van der Waals surface area contributed by atoms with Crippen LogP contribution in [0.5, 0.6) is 0 Å². The van der Waals surface area contributed by atoms with E-state index in [1.54, 1.807) is 6.08 Å². The maximum absolute atomic E-state index is 13.1. The van der Waals surface area contributed by atoms with E-state index in [2.05, 4.69) is 38.3 Å². The number of primary amides is 1. The van der Waals surface area contributed by atoms with Crippen LogP contribution in [0.15, 0.2) is 24.1 Å². The van der Waals surface area contributed by atoms with Gasteiger partial charge in [0.15, 0.2) is 17.8 Å². The number of anilines is 2. The van der Waals surface area contributed by atoms with Crippen LogP contribution in [0.25, 0.3) is 0 Å². The molecule has 8 N–H and O–H groups in total. The first kappa shape index (κ1) is 28.8. The van der Waals surface area contributed by atoms with Gasteiger partial charge in [-0.05, 0) is 55.4 Å². The Bertz CT molecular complexity index is 1250. The molecule has 1 aliphatic carbocycles. The molecule has 5 heterocycles. The molecular weight excluding hydrogens is 550 g/mol. The van der Waals surface area contributed by atoms with Gasteiger partial charge in [0.05, 0.1) is 38.1 Å². The number of hydrogen-bond donors (Lipinski definition) is 6. The predicted molar refractivity (Wildman–Crippen MR) is 161 cm³/mol. The van der Waals surface area contributed by atoms with E-state index in [0.717, 1.165) is 49.2 Å². The molecule has 0 bridgehead atoms. The first-order valence-electron chi connectivity index (χ1n) is 16.1. The average Bonchev–Trinajstić information content (AvgIpc) is 3.66. The lowest BCUT2D eigenvalue weighted by atomic mass is 9.87. The molecule has 0 aromatic heterocycles. The number of ether oxygens (including phenoxy) is 3. The Morgan fingerprint density at radius 1 is 1.09 bits per heavy atom. The molecule has 6 aliphatic rings. The Morgan fingerprint density at radius 2 is 1.93 bits per heavy atom. The van der Waals surface area contributed by atoms with E-state index >= 15 is 0 Å². The van der Waals surface area contributed by atoms with Crippen LogP contribution in [0.3, 0.4) is 0 Å². The lowest BCUT2D eigenvalue weighted by molar-refractivity contribution is -0.132. The summed E-state index contributed by atoms with van der Waals surface area (Å²) in [4.78, 5) is 27.7. The first-order valence-corrected chi connectivity index (χ1v) is 16.1. The van der Waals surface area contributed by atoms with Crippen LogP contribution in [0.1, 0.15) is 55.6 Å². The molecule has 43 heavy (non-hydrogen) atoms. The molecule has 1 aromatic carbocycles. The molecule has 8 atom stereocenters. The Morgan fingerprint density at radius 3 is 2.74 bits per heavy atom. The van der Waals surface area contributed by atoms with E-state index in [-0.39, 0.29) is 47.9 Å². The Balaban J connectivity index is 1.12. The van der Waals surface area contributed by atoms with Crippen molar-refractivity contribution in [3.8, 4) is 0 Å². The fourth-order valence-electron chi connectivity index (χ4n) is 7.74. The fourth-order valence-corrected chi connectivity index (χ4v) is 7.74. The standard InChI is InChI=1S/C31H45N7O5/c32-22-3-1-2-4-23(22)36-25-6-5-19(30(33)40)31(37-25)35-18-13-17-7-8-34-27(17)20(14-18)21-16-42-29-24(39)15-26(43-28(21)29)38-9-11-41-12-10-38/h13-15,19,21-23,25,28-29,31,34-37H,1-12,16,32H2,(H2,33,40)/t19?,21?,22-,23+,25?,28?,29?,31?/m1/s1. The lowest BCUT2D eigenvalue weighted by Gasteiger charge is -2.41. The monoisotopic (exact) mass is 595 g/mol. The number of rotatable bonds is 7. The van der Waals surface area contributed by atoms with E-state index in [4.69, 9.17) is 25.7 Å². The summed E-state index contributed by atoms with van der Waals surface area (Å²) in [5.74, 6) is -0.243. The molecule has 7 rings (SSSR count). The van der Waals surface area contributed by atoms with Crippen LogP contribution in [0.2, 0.25) is 0 Å². The van der Waals surface area contributed by atoms with Gasteiger partial charge in [0, 0.05) is 55.1 Å². The Kier molecular flexibility index (Phi) is 8.21. The zero-order valence-electron chi connectivity index (χ0n) is 24.7. The summed E-state index contributed by atoms with van der Waals surface area (Å²) in [5.41, 5.74) is 16.6. The molecule has 4 fully saturated rings. The Labute approximate surface area is 252 Å². The van der Waals surface area contributed by atoms with Gasteiger partial charge in [-0.1, -0.05) is 12.8 Å². The number of ketones is 1. The number of nitrogens with two attached hydrogens (primary N) is 2. The van der Waals surface area contributed by atoms with Crippen molar-refractivity contribution in [2.45, 2.75) is 87.5 Å². The minimum absolute atomic E-state index is 0.0360. The second-order valence-corrected chi connectivity index (χ2v) is 12.9. The SMILES string of the molecule is NC(=O)C1CCC(N[C@H]2CCCC[C@H]2N)NC1Nc1cc2c(c(C3COC4C(=O)C=C(N5CCOCC5)OC43)c1)NCC2. The minimum Gasteiger partial charge on any atom is -0.472 e. The molecule has 0 radical (unpaired) electrons. The van der Waals surface area contributed by atoms with Crippen LogP contribution >= 0.6 is 0 Å². The summed E-state index contributed by atoms with van der Waals surface area (Å²) < 4.78 is 18.1. The average molecular weight is 596 g/mol. The van der Waals surface area contributed by atoms with Gasteiger partial charge in [-0.25, -0.2) is 0 Å². The molecule has 1 aromatic rings. The van der Waals surface area contributed by atoms with Gasteiger partial charge >= 0.3 is 0 Å². The molecule has 12 heteroatoms. The maximum Gasteiger partial charge on any atom is 0.223 e. The summed E-state index contributed by atoms with van der Waals surface area (Å²) in [6.07, 6.45) is 7.08. The zero-order chi connectivity index (χ0) is 29.5. The highest BCUT2D eigenvalue weighted by atomic mass is 16.6. The third-order valence-corrected chi connectivity index (χ3v) is 10.1. The fraction of sp³-hybridized carbons (Fsp3) is 0.677. The summed E-state index contributed by atoms with van der Waals surface area (Å²) in [6.45, 7) is 3.83. The number of morpholine rings is 1. The van der Waals surface area contributed by atoms with Crippen molar-refractivity contribution in [1.82, 2.24) is 15.5 Å². The van der Waals surface area contributed by atoms with Gasteiger partial charge in [-0.15, -0.1) is 0 Å². The van der Waals surface area contributed by atoms with Crippen molar-refractivity contribution in [2.75, 3.05) is 50.1 Å². The molecule has 3 saturated heterocycles. The number of carbonyl (C=O) groups excluding carboxylic acids is 2. The van der Waals surface area contributed by atoms with Crippen LogP contribution in [0, 0.1) is 5.92 Å². The number of fused-ring (bicyclic) bond motifs is 2. The molecular formula is C31H45N7O5. The van der Waals surface area contributed by atoms with Crippen LogP contribution < -0.4 is 32.7 Å². The van der Waals surface area contributed by atoms with Gasteiger partial charge in [0.2, 0.25) is 5.91 Å². The topological polar surface area (TPSA) is 165 Å². The third-order valence-electron chi connectivity index (χ3n) is 10.1. The highest BCUT2D eigenvalue weighted by molar-refractivity contribution is 5.95. The normalized spacial score (nSPS) is 35.8. The van der Waals surface area contributed by atoms with Crippen molar-refractivity contribution in [3.05, 3.63) is 35.2 Å². The van der Waals surface area contributed by atoms with E-state index in [1.165, 1.54) is 18.4 Å².